The molecule has 2 rings (SSSR count). The van der Waals surface area contributed by atoms with Gasteiger partial charge in [0.2, 0.25) is 5.91 Å². The first kappa shape index (κ1) is 14.8. The fraction of sp³-hybridized carbons (Fsp3) is 0.933. The summed E-state index contributed by atoms with van der Waals surface area (Å²) in [6.07, 6.45) is 8.55. The first-order valence-corrected chi connectivity index (χ1v) is 7.99. The Morgan fingerprint density at radius 3 is 2.37 bits per heavy atom. The summed E-state index contributed by atoms with van der Waals surface area (Å²) in [5, 5.41) is 0. The second-order valence-corrected chi connectivity index (χ2v) is 5.96. The smallest absolute Gasteiger partial charge is 0.236 e. The van der Waals surface area contributed by atoms with E-state index in [1.807, 2.05) is 0 Å². The molecule has 4 nitrogen and oxygen atoms in total. The molecule has 0 aromatic carbocycles. The highest BCUT2D eigenvalue weighted by Crippen LogP contribution is 2.28. The van der Waals surface area contributed by atoms with E-state index in [2.05, 4.69) is 16.7 Å². The summed E-state index contributed by atoms with van der Waals surface area (Å²) in [5.41, 5.74) is 5.63. The Bertz CT molecular complexity index is 285. The van der Waals surface area contributed by atoms with Gasteiger partial charge >= 0.3 is 0 Å². The summed E-state index contributed by atoms with van der Waals surface area (Å²) in [5.74, 6) is 0.328. The number of nitrogens with two attached hydrogens (primary N) is 1. The topological polar surface area (TPSA) is 49.6 Å². The minimum Gasteiger partial charge on any atom is -0.339 e. The highest BCUT2D eigenvalue weighted by atomic mass is 16.2. The van der Waals surface area contributed by atoms with Crippen molar-refractivity contribution in [2.45, 2.75) is 64.0 Å². The third-order valence-corrected chi connectivity index (χ3v) is 4.48. The lowest BCUT2D eigenvalue weighted by molar-refractivity contribution is -0.133. The summed E-state index contributed by atoms with van der Waals surface area (Å²) < 4.78 is 0. The zero-order valence-electron chi connectivity index (χ0n) is 12.3. The lowest BCUT2D eigenvalue weighted by Crippen LogP contribution is -2.45. The van der Waals surface area contributed by atoms with Crippen molar-refractivity contribution in [3.05, 3.63) is 0 Å². The van der Waals surface area contributed by atoms with Crippen LogP contribution in [0.25, 0.3) is 0 Å². The Kier molecular flexibility index (Phi) is 5.64. The van der Waals surface area contributed by atoms with E-state index in [0.717, 1.165) is 26.1 Å². The van der Waals surface area contributed by atoms with E-state index in [0.29, 0.717) is 24.5 Å². The van der Waals surface area contributed by atoms with E-state index in [1.54, 1.807) is 0 Å². The highest BCUT2D eigenvalue weighted by Gasteiger charge is 2.33. The molecular formula is C15H29N3O. The molecule has 2 N–H and O–H groups in total. The third-order valence-electron chi connectivity index (χ3n) is 4.48. The van der Waals surface area contributed by atoms with E-state index in [-0.39, 0.29) is 0 Å². The van der Waals surface area contributed by atoms with Gasteiger partial charge in [-0.1, -0.05) is 12.8 Å². The molecule has 2 fully saturated rings. The van der Waals surface area contributed by atoms with Crippen LogP contribution in [0.5, 0.6) is 0 Å². The van der Waals surface area contributed by atoms with Gasteiger partial charge in [-0.05, 0) is 45.6 Å². The Balaban J connectivity index is 1.87. The zero-order valence-corrected chi connectivity index (χ0v) is 12.3. The van der Waals surface area contributed by atoms with Gasteiger partial charge in [-0.2, -0.15) is 0 Å². The van der Waals surface area contributed by atoms with Gasteiger partial charge in [-0.25, -0.2) is 0 Å². The molecule has 0 bridgehead atoms. The first-order chi connectivity index (χ1) is 9.26. The molecule has 4 heteroatoms. The molecule has 0 aliphatic heterocycles. The van der Waals surface area contributed by atoms with Gasteiger partial charge in [-0.3, -0.25) is 9.69 Å². The predicted octanol–water partition coefficient (Wildman–Crippen LogP) is 1.59. The Hall–Kier alpha value is -0.610. The molecule has 2 aliphatic carbocycles. The van der Waals surface area contributed by atoms with E-state index in [1.165, 1.54) is 38.5 Å². The van der Waals surface area contributed by atoms with Crippen LogP contribution in [-0.4, -0.2) is 54.0 Å². The average molecular weight is 267 g/mol. The molecule has 0 atom stereocenters. The first-order valence-electron chi connectivity index (χ1n) is 7.99. The van der Waals surface area contributed by atoms with Gasteiger partial charge in [0.1, 0.15) is 0 Å². The van der Waals surface area contributed by atoms with E-state index < -0.39 is 0 Å². The molecule has 0 radical (unpaired) electrons. The number of rotatable bonds is 8. The number of amides is 1. The molecule has 0 spiro atoms. The maximum atomic E-state index is 12.4. The second-order valence-electron chi connectivity index (χ2n) is 5.96. The van der Waals surface area contributed by atoms with Gasteiger partial charge in [0, 0.05) is 25.2 Å². The fourth-order valence-corrected chi connectivity index (χ4v) is 3.24. The normalized spacial score (nSPS) is 20.2. The summed E-state index contributed by atoms with van der Waals surface area (Å²) in [6, 6.07) is 1.16. The number of hydrogen-bond acceptors (Lipinski definition) is 3. The molecule has 2 saturated carbocycles. The largest absolute Gasteiger partial charge is 0.339 e. The lowest BCUT2D eigenvalue weighted by Gasteiger charge is -2.31. The number of carbonyl (C=O) groups excluding carboxylic acids is 1. The quantitative estimate of drug-likeness (QED) is 0.726. The third kappa shape index (κ3) is 4.18. The van der Waals surface area contributed by atoms with Crippen molar-refractivity contribution < 1.29 is 4.79 Å². The van der Waals surface area contributed by atoms with Crippen LogP contribution in [0.2, 0.25) is 0 Å². The number of likely N-dealkylation sites (N-methyl/N-ethyl adjacent to an activating group) is 1. The average Bonchev–Trinajstić information content (AvgIpc) is 3.08. The van der Waals surface area contributed by atoms with Crippen LogP contribution in [0.3, 0.4) is 0 Å². The summed E-state index contributed by atoms with van der Waals surface area (Å²) in [4.78, 5) is 16.9. The van der Waals surface area contributed by atoms with Crippen LogP contribution in [0.15, 0.2) is 0 Å². The van der Waals surface area contributed by atoms with Gasteiger partial charge < -0.3 is 10.6 Å². The summed E-state index contributed by atoms with van der Waals surface area (Å²) in [7, 11) is 0. The van der Waals surface area contributed by atoms with Gasteiger partial charge in [0.05, 0.1) is 6.54 Å². The molecule has 0 aromatic heterocycles. The Morgan fingerprint density at radius 2 is 1.84 bits per heavy atom. The van der Waals surface area contributed by atoms with Crippen molar-refractivity contribution in [1.29, 1.82) is 0 Å². The zero-order chi connectivity index (χ0) is 13.7. The van der Waals surface area contributed by atoms with Crippen molar-refractivity contribution in [2.24, 2.45) is 5.73 Å². The highest BCUT2D eigenvalue weighted by molar-refractivity contribution is 5.79. The van der Waals surface area contributed by atoms with E-state index in [4.69, 9.17) is 5.73 Å². The van der Waals surface area contributed by atoms with Crippen LogP contribution < -0.4 is 5.73 Å². The second kappa shape index (κ2) is 7.25. The minimum atomic E-state index is 0.328. The van der Waals surface area contributed by atoms with E-state index >= 15 is 0 Å². The molecule has 1 amide bonds. The maximum Gasteiger partial charge on any atom is 0.236 e. The molecule has 0 unspecified atom stereocenters. The van der Waals surface area contributed by atoms with Crippen LogP contribution in [0, 0.1) is 0 Å². The number of carbonyl (C=O) groups is 1. The van der Waals surface area contributed by atoms with Gasteiger partial charge in [0.15, 0.2) is 0 Å². The standard InChI is InChI=1S/C15H29N3O/c1-2-18(14-8-9-14)15(19)12-17(11-5-10-16)13-6-3-4-7-13/h13-14H,2-12,16H2,1H3. The van der Waals surface area contributed by atoms with Crippen LogP contribution in [-0.2, 0) is 4.79 Å². The van der Waals surface area contributed by atoms with Crippen molar-refractivity contribution in [3.8, 4) is 0 Å². The monoisotopic (exact) mass is 267 g/mol. The van der Waals surface area contributed by atoms with Crippen molar-refractivity contribution in [3.63, 3.8) is 0 Å². The van der Waals surface area contributed by atoms with Gasteiger partial charge in [0.25, 0.3) is 0 Å². The molecular weight excluding hydrogens is 238 g/mol. The Labute approximate surface area is 117 Å². The van der Waals surface area contributed by atoms with Gasteiger partial charge in [-0.15, -0.1) is 0 Å². The molecule has 2 aliphatic rings. The molecule has 0 heterocycles. The minimum absolute atomic E-state index is 0.328. The van der Waals surface area contributed by atoms with Crippen molar-refractivity contribution >= 4 is 5.91 Å². The molecule has 0 saturated heterocycles. The Morgan fingerprint density at radius 1 is 1.16 bits per heavy atom. The summed E-state index contributed by atoms with van der Waals surface area (Å²) >= 11 is 0. The maximum absolute atomic E-state index is 12.4. The van der Waals surface area contributed by atoms with Crippen LogP contribution >= 0.6 is 0 Å². The van der Waals surface area contributed by atoms with Crippen LogP contribution in [0.4, 0.5) is 0 Å². The van der Waals surface area contributed by atoms with Crippen molar-refractivity contribution in [2.75, 3.05) is 26.2 Å². The van der Waals surface area contributed by atoms with Crippen LogP contribution in [0.1, 0.15) is 51.9 Å². The molecule has 19 heavy (non-hydrogen) atoms. The fourth-order valence-electron chi connectivity index (χ4n) is 3.24. The number of hydrogen-bond donors (Lipinski definition) is 1. The van der Waals surface area contributed by atoms with E-state index in [9.17, 15) is 4.79 Å². The van der Waals surface area contributed by atoms with Crippen molar-refractivity contribution in [1.82, 2.24) is 9.80 Å². The molecule has 0 aromatic rings. The predicted molar refractivity (Wildman–Crippen MR) is 77.9 cm³/mol. The lowest BCUT2D eigenvalue weighted by atomic mass is 10.2. The molecule has 110 valence electrons. The number of nitrogens with zero attached hydrogens (tertiary/aromatic N) is 2. The SMILES string of the molecule is CCN(C(=O)CN(CCCN)C1CCCC1)C1CC1. The summed E-state index contributed by atoms with van der Waals surface area (Å²) in [6.45, 7) is 5.26.